The first-order chi connectivity index (χ1) is 7.69. The monoisotopic (exact) mass is 228 g/mol. The van der Waals surface area contributed by atoms with Gasteiger partial charge >= 0.3 is 0 Å². The second kappa shape index (κ2) is 6.86. The molecule has 1 heterocycles. The van der Waals surface area contributed by atoms with Crippen molar-refractivity contribution in [2.24, 2.45) is 11.7 Å². The van der Waals surface area contributed by atoms with Gasteiger partial charge in [0.25, 0.3) is 0 Å². The number of likely N-dealkylation sites (tertiary alicyclic amines) is 1. The van der Waals surface area contributed by atoms with Crippen molar-refractivity contribution < 1.29 is 9.90 Å². The molecule has 1 fully saturated rings. The van der Waals surface area contributed by atoms with Crippen LogP contribution in [0.15, 0.2) is 0 Å². The molecule has 16 heavy (non-hydrogen) atoms. The Labute approximate surface area is 97.8 Å². The van der Waals surface area contributed by atoms with Gasteiger partial charge in [-0.3, -0.25) is 4.79 Å². The highest BCUT2D eigenvalue weighted by Gasteiger charge is 2.27. The minimum absolute atomic E-state index is 0.0670. The number of aliphatic hydroxyl groups is 1. The van der Waals surface area contributed by atoms with Crippen molar-refractivity contribution in [2.45, 2.75) is 45.1 Å². The molecule has 94 valence electrons. The maximum atomic E-state index is 11.9. The average Bonchev–Trinajstić information content (AvgIpc) is 2.74. The Morgan fingerprint density at radius 1 is 1.56 bits per heavy atom. The number of rotatable bonds is 6. The van der Waals surface area contributed by atoms with Gasteiger partial charge in [-0.25, -0.2) is 0 Å². The molecule has 0 saturated carbocycles. The van der Waals surface area contributed by atoms with E-state index >= 15 is 0 Å². The maximum absolute atomic E-state index is 11.9. The molecule has 0 spiro atoms. The van der Waals surface area contributed by atoms with Crippen LogP contribution in [0, 0.1) is 5.92 Å². The lowest BCUT2D eigenvalue weighted by Gasteiger charge is -2.23. The van der Waals surface area contributed by atoms with Gasteiger partial charge in [-0.2, -0.15) is 0 Å². The van der Waals surface area contributed by atoms with Gasteiger partial charge in [-0.15, -0.1) is 0 Å². The molecule has 0 aliphatic carbocycles. The topological polar surface area (TPSA) is 66.6 Å². The van der Waals surface area contributed by atoms with Crippen LogP contribution in [0.4, 0.5) is 0 Å². The van der Waals surface area contributed by atoms with Crippen LogP contribution in [0.1, 0.15) is 39.0 Å². The summed E-state index contributed by atoms with van der Waals surface area (Å²) in [6.07, 6.45) is 4.45. The summed E-state index contributed by atoms with van der Waals surface area (Å²) in [5.41, 5.74) is 5.47. The molecule has 1 aliphatic heterocycles. The molecule has 4 nitrogen and oxygen atoms in total. The molecule has 3 N–H and O–H groups in total. The van der Waals surface area contributed by atoms with E-state index in [-0.39, 0.29) is 18.6 Å². The number of carbonyl (C=O) groups is 1. The van der Waals surface area contributed by atoms with E-state index < -0.39 is 0 Å². The van der Waals surface area contributed by atoms with E-state index in [0.717, 1.165) is 32.2 Å². The molecule has 1 aliphatic rings. The molecule has 1 saturated heterocycles. The summed E-state index contributed by atoms with van der Waals surface area (Å²) in [5, 5.41) is 9.14. The normalized spacial score (nSPS) is 22.4. The summed E-state index contributed by atoms with van der Waals surface area (Å²) in [5.74, 6) is 0.713. The van der Waals surface area contributed by atoms with Crippen LogP contribution in [0.25, 0.3) is 0 Å². The number of nitrogens with two attached hydrogens (primary N) is 1. The zero-order valence-corrected chi connectivity index (χ0v) is 10.2. The summed E-state index contributed by atoms with van der Waals surface area (Å²) < 4.78 is 0. The minimum atomic E-state index is 0.0670. The molecule has 2 atom stereocenters. The number of hydrogen-bond donors (Lipinski definition) is 2. The van der Waals surface area contributed by atoms with Gasteiger partial charge in [0.1, 0.15) is 0 Å². The molecule has 0 aromatic carbocycles. The molecule has 0 bridgehead atoms. The molecule has 0 radical (unpaired) electrons. The van der Waals surface area contributed by atoms with E-state index in [1.54, 1.807) is 0 Å². The SMILES string of the molecule is CC(CCN)CCC(=O)N1CCCC1CO. The maximum Gasteiger partial charge on any atom is 0.222 e. The van der Waals surface area contributed by atoms with E-state index in [1.165, 1.54) is 0 Å². The lowest BCUT2D eigenvalue weighted by molar-refractivity contribution is -0.133. The van der Waals surface area contributed by atoms with Crippen molar-refractivity contribution in [3.63, 3.8) is 0 Å². The van der Waals surface area contributed by atoms with Crippen LogP contribution in [-0.2, 0) is 4.79 Å². The van der Waals surface area contributed by atoms with Crippen LogP contribution < -0.4 is 5.73 Å². The molecule has 0 aromatic rings. The Kier molecular flexibility index (Phi) is 5.77. The third kappa shape index (κ3) is 3.76. The third-order valence-electron chi connectivity index (χ3n) is 3.42. The number of amides is 1. The predicted molar refractivity (Wildman–Crippen MR) is 63.9 cm³/mol. The molecular weight excluding hydrogens is 204 g/mol. The van der Waals surface area contributed by atoms with E-state index in [2.05, 4.69) is 6.92 Å². The van der Waals surface area contributed by atoms with E-state index in [9.17, 15) is 4.79 Å². The van der Waals surface area contributed by atoms with Gasteiger partial charge in [0, 0.05) is 13.0 Å². The Hall–Kier alpha value is -0.610. The van der Waals surface area contributed by atoms with Gasteiger partial charge in [-0.05, 0) is 38.1 Å². The summed E-state index contributed by atoms with van der Waals surface area (Å²) in [7, 11) is 0. The standard InChI is InChI=1S/C12H24N2O2/c1-10(6-7-13)4-5-12(16)14-8-2-3-11(14)9-15/h10-11,15H,2-9,13H2,1H3. The van der Waals surface area contributed by atoms with Crippen molar-refractivity contribution in [1.29, 1.82) is 0 Å². The van der Waals surface area contributed by atoms with Crippen molar-refractivity contribution >= 4 is 5.91 Å². The van der Waals surface area contributed by atoms with Crippen LogP contribution >= 0.6 is 0 Å². The van der Waals surface area contributed by atoms with Gasteiger partial charge < -0.3 is 15.7 Å². The fraction of sp³-hybridized carbons (Fsp3) is 0.917. The smallest absolute Gasteiger partial charge is 0.222 e. The fourth-order valence-corrected chi connectivity index (χ4v) is 2.30. The fourth-order valence-electron chi connectivity index (χ4n) is 2.30. The second-order valence-electron chi connectivity index (χ2n) is 4.79. The average molecular weight is 228 g/mol. The van der Waals surface area contributed by atoms with E-state index in [4.69, 9.17) is 10.8 Å². The summed E-state index contributed by atoms with van der Waals surface area (Å²) >= 11 is 0. The van der Waals surface area contributed by atoms with Gasteiger partial charge in [0.05, 0.1) is 12.6 Å². The lowest BCUT2D eigenvalue weighted by Crippen LogP contribution is -2.37. The Morgan fingerprint density at radius 2 is 2.31 bits per heavy atom. The lowest BCUT2D eigenvalue weighted by atomic mass is 10.0. The van der Waals surface area contributed by atoms with Crippen LogP contribution in [0.5, 0.6) is 0 Å². The molecule has 4 heteroatoms. The quantitative estimate of drug-likeness (QED) is 0.704. The predicted octanol–water partition coefficient (Wildman–Crippen LogP) is 0.735. The Morgan fingerprint density at radius 3 is 2.94 bits per heavy atom. The van der Waals surface area contributed by atoms with Crippen molar-refractivity contribution in [1.82, 2.24) is 4.90 Å². The number of aliphatic hydroxyl groups excluding tert-OH is 1. The van der Waals surface area contributed by atoms with Gasteiger partial charge in [-0.1, -0.05) is 6.92 Å². The summed E-state index contributed by atoms with van der Waals surface area (Å²) in [6, 6.07) is 0.0670. The zero-order chi connectivity index (χ0) is 12.0. The first-order valence-electron chi connectivity index (χ1n) is 6.29. The van der Waals surface area contributed by atoms with Crippen LogP contribution in [0.2, 0.25) is 0 Å². The molecule has 0 aromatic heterocycles. The third-order valence-corrected chi connectivity index (χ3v) is 3.42. The summed E-state index contributed by atoms with van der Waals surface area (Å²) in [4.78, 5) is 13.7. The highest BCUT2D eigenvalue weighted by molar-refractivity contribution is 5.76. The molecule has 2 unspecified atom stereocenters. The second-order valence-corrected chi connectivity index (χ2v) is 4.79. The van der Waals surface area contributed by atoms with E-state index in [1.807, 2.05) is 4.90 Å². The van der Waals surface area contributed by atoms with Crippen LogP contribution in [-0.4, -0.2) is 41.7 Å². The van der Waals surface area contributed by atoms with E-state index in [0.29, 0.717) is 18.9 Å². The zero-order valence-electron chi connectivity index (χ0n) is 10.2. The molecular formula is C12H24N2O2. The van der Waals surface area contributed by atoms with Gasteiger partial charge in [0.2, 0.25) is 5.91 Å². The highest BCUT2D eigenvalue weighted by atomic mass is 16.3. The Balaban J connectivity index is 2.29. The molecule has 1 amide bonds. The van der Waals surface area contributed by atoms with Crippen molar-refractivity contribution in [3.8, 4) is 0 Å². The minimum Gasteiger partial charge on any atom is -0.394 e. The first-order valence-corrected chi connectivity index (χ1v) is 6.29. The number of nitrogens with zero attached hydrogens (tertiary/aromatic N) is 1. The van der Waals surface area contributed by atoms with Crippen molar-refractivity contribution in [3.05, 3.63) is 0 Å². The first kappa shape index (κ1) is 13.5. The largest absolute Gasteiger partial charge is 0.394 e. The number of carbonyl (C=O) groups excluding carboxylic acids is 1. The number of hydrogen-bond acceptors (Lipinski definition) is 3. The van der Waals surface area contributed by atoms with Crippen molar-refractivity contribution in [2.75, 3.05) is 19.7 Å². The Bertz CT molecular complexity index is 221. The van der Waals surface area contributed by atoms with Gasteiger partial charge in [0.15, 0.2) is 0 Å². The summed E-state index contributed by atoms with van der Waals surface area (Å²) in [6.45, 7) is 3.74. The van der Waals surface area contributed by atoms with Crippen LogP contribution in [0.3, 0.4) is 0 Å². The highest BCUT2D eigenvalue weighted by Crippen LogP contribution is 2.19. The molecule has 1 rings (SSSR count).